The van der Waals surface area contributed by atoms with Crippen molar-refractivity contribution in [1.29, 1.82) is 0 Å². The Labute approximate surface area is 63.8 Å². The summed E-state index contributed by atoms with van der Waals surface area (Å²) in [5, 5.41) is 3.98. The van der Waals surface area contributed by atoms with E-state index in [0.29, 0.717) is 0 Å². The van der Waals surface area contributed by atoms with Crippen LogP contribution < -0.4 is 5.43 Å². The molecule has 0 aliphatic rings. The van der Waals surface area contributed by atoms with Gasteiger partial charge in [0.15, 0.2) is 0 Å². The summed E-state index contributed by atoms with van der Waals surface area (Å²) in [6.07, 6.45) is 5.41. The fourth-order valence-electron chi connectivity index (χ4n) is 0.858. The summed E-state index contributed by atoms with van der Waals surface area (Å²) in [6, 6.07) is 5.71. The lowest BCUT2D eigenvalue weighted by Gasteiger charge is -2.00. The van der Waals surface area contributed by atoms with Crippen molar-refractivity contribution in [2.75, 3.05) is 5.43 Å². The standard InChI is InChI=1S/C7H8N4/c1-3-7(8-4-1)10-11-6-2-5-9-11/h1-6,8,10H. The largest absolute Gasteiger partial charge is 0.347 e. The van der Waals surface area contributed by atoms with Crippen molar-refractivity contribution < 1.29 is 0 Å². The quantitative estimate of drug-likeness (QED) is 0.669. The van der Waals surface area contributed by atoms with Crippen LogP contribution in [0.1, 0.15) is 0 Å². The van der Waals surface area contributed by atoms with Crippen LogP contribution in [-0.4, -0.2) is 14.9 Å². The Balaban J connectivity index is 2.14. The van der Waals surface area contributed by atoms with Crippen LogP contribution in [0.3, 0.4) is 0 Å². The number of hydrogen-bond donors (Lipinski definition) is 2. The van der Waals surface area contributed by atoms with E-state index >= 15 is 0 Å². The van der Waals surface area contributed by atoms with E-state index in [-0.39, 0.29) is 0 Å². The Morgan fingerprint density at radius 1 is 1.45 bits per heavy atom. The molecule has 0 fully saturated rings. The molecular weight excluding hydrogens is 140 g/mol. The van der Waals surface area contributed by atoms with E-state index in [1.54, 1.807) is 11.0 Å². The lowest BCUT2D eigenvalue weighted by molar-refractivity contribution is 0.798. The Bertz CT molecular complexity index is 263. The van der Waals surface area contributed by atoms with Crippen molar-refractivity contribution in [1.82, 2.24) is 14.9 Å². The molecule has 2 aromatic rings. The van der Waals surface area contributed by atoms with Crippen molar-refractivity contribution >= 4 is 5.82 Å². The summed E-state index contributed by atoms with van der Waals surface area (Å²) >= 11 is 0. The first-order valence-corrected chi connectivity index (χ1v) is 3.35. The van der Waals surface area contributed by atoms with Gasteiger partial charge >= 0.3 is 0 Å². The smallest absolute Gasteiger partial charge is 0.123 e. The first kappa shape index (κ1) is 6.03. The van der Waals surface area contributed by atoms with Crippen LogP contribution >= 0.6 is 0 Å². The predicted octanol–water partition coefficient (Wildman–Crippen LogP) is 1.09. The Morgan fingerprint density at radius 3 is 3.09 bits per heavy atom. The second-order valence-electron chi connectivity index (χ2n) is 2.15. The van der Waals surface area contributed by atoms with E-state index in [1.807, 2.05) is 30.6 Å². The molecule has 11 heavy (non-hydrogen) atoms. The van der Waals surface area contributed by atoms with Gasteiger partial charge in [0.25, 0.3) is 0 Å². The third-order valence-electron chi connectivity index (χ3n) is 1.34. The van der Waals surface area contributed by atoms with Crippen molar-refractivity contribution in [3.8, 4) is 0 Å². The molecule has 0 aliphatic carbocycles. The van der Waals surface area contributed by atoms with Gasteiger partial charge in [0.1, 0.15) is 5.82 Å². The second-order valence-corrected chi connectivity index (χ2v) is 2.15. The number of rotatable bonds is 2. The molecule has 0 aliphatic heterocycles. The molecule has 2 heterocycles. The first-order valence-electron chi connectivity index (χ1n) is 3.35. The van der Waals surface area contributed by atoms with E-state index in [9.17, 15) is 0 Å². The summed E-state index contributed by atoms with van der Waals surface area (Å²) in [7, 11) is 0. The number of aromatic nitrogens is 3. The maximum atomic E-state index is 3.98. The normalized spacial score (nSPS) is 9.82. The maximum absolute atomic E-state index is 3.98. The van der Waals surface area contributed by atoms with Gasteiger partial charge in [-0.05, 0) is 18.2 Å². The number of hydrogen-bond acceptors (Lipinski definition) is 2. The lowest BCUT2D eigenvalue weighted by atomic mass is 10.6. The third kappa shape index (κ3) is 1.24. The van der Waals surface area contributed by atoms with E-state index in [4.69, 9.17) is 0 Å². The zero-order valence-corrected chi connectivity index (χ0v) is 5.86. The van der Waals surface area contributed by atoms with Crippen LogP contribution in [0.5, 0.6) is 0 Å². The maximum Gasteiger partial charge on any atom is 0.123 e. The summed E-state index contributed by atoms with van der Waals surface area (Å²) in [5.41, 5.74) is 3.01. The zero-order chi connectivity index (χ0) is 7.52. The molecule has 2 aromatic heterocycles. The fourth-order valence-corrected chi connectivity index (χ4v) is 0.858. The van der Waals surface area contributed by atoms with Crippen molar-refractivity contribution in [3.05, 3.63) is 36.8 Å². The average Bonchev–Trinajstić information content (AvgIpc) is 2.60. The van der Waals surface area contributed by atoms with E-state index in [2.05, 4.69) is 15.5 Å². The fraction of sp³-hybridized carbons (Fsp3) is 0. The molecule has 2 rings (SSSR count). The molecule has 0 bridgehead atoms. The molecule has 0 radical (unpaired) electrons. The van der Waals surface area contributed by atoms with E-state index in [1.165, 1.54) is 0 Å². The molecule has 0 amide bonds. The van der Waals surface area contributed by atoms with E-state index in [0.717, 1.165) is 5.82 Å². The van der Waals surface area contributed by atoms with Crippen LogP contribution in [0.15, 0.2) is 36.8 Å². The van der Waals surface area contributed by atoms with Gasteiger partial charge in [0.05, 0.1) is 6.20 Å². The summed E-state index contributed by atoms with van der Waals surface area (Å²) < 4.78 is 0. The number of nitrogens with one attached hydrogen (secondary N) is 2. The van der Waals surface area contributed by atoms with Crippen LogP contribution in [-0.2, 0) is 0 Å². The SMILES string of the molecule is c1c[nH]c(Nn2cccn2)c1. The number of anilines is 1. The number of H-pyrrole nitrogens is 1. The van der Waals surface area contributed by atoms with Gasteiger partial charge in [-0.25, -0.2) is 0 Å². The van der Waals surface area contributed by atoms with Gasteiger partial charge in [-0.15, -0.1) is 0 Å². The highest BCUT2D eigenvalue weighted by Gasteiger charge is 1.89. The predicted molar refractivity (Wildman–Crippen MR) is 42.0 cm³/mol. The molecule has 0 saturated carbocycles. The Kier molecular flexibility index (Phi) is 1.37. The highest BCUT2D eigenvalue weighted by molar-refractivity contribution is 5.33. The Hall–Kier alpha value is -1.71. The molecule has 0 unspecified atom stereocenters. The van der Waals surface area contributed by atoms with Gasteiger partial charge in [-0.2, -0.15) is 9.89 Å². The van der Waals surface area contributed by atoms with Crippen molar-refractivity contribution in [2.24, 2.45) is 0 Å². The van der Waals surface area contributed by atoms with Gasteiger partial charge < -0.3 is 4.98 Å². The summed E-state index contributed by atoms with van der Waals surface area (Å²) in [6.45, 7) is 0. The van der Waals surface area contributed by atoms with Gasteiger partial charge in [0, 0.05) is 12.4 Å². The van der Waals surface area contributed by atoms with Gasteiger partial charge in [-0.1, -0.05) is 0 Å². The minimum absolute atomic E-state index is 0.925. The number of nitrogens with zero attached hydrogens (tertiary/aromatic N) is 2. The highest BCUT2D eigenvalue weighted by Crippen LogP contribution is 2.00. The number of aromatic amines is 1. The lowest BCUT2D eigenvalue weighted by Crippen LogP contribution is -2.08. The highest BCUT2D eigenvalue weighted by atomic mass is 15.6. The molecule has 56 valence electrons. The molecule has 0 aromatic carbocycles. The summed E-state index contributed by atoms with van der Waals surface area (Å²) in [5.74, 6) is 0.925. The van der Waals surface area contributed by atoms with Crippen LogP contribution in [0.25, 0.3) is 0 Å². The molecule has 0 saturated heterocycles. The molecule has 4 heteroatoms. The van der Waals surface area contributed by atoms with Crippen LogP contribution in [0, 0.1) is 0 Å². The van der Waals surface area contributed by atoms with Crippen LogP contribution in [0.4, 0.5) is 5.82 Å². The van der Waals surface area contributed by atoms with Gasteiger partial charge in [0.2, 0.25) is 0 Å². The molecular formula is C7H8N4. The third-order valence-corrected chi connectivity index (χ3v) is 1.34. The molecule has 4 nitrogen and oxygen atoms in total. The topological polar surface area (TPSA) is 45.6 Å². The summed E-state index contributed by atoms with van der Waals surface area (Å²) in [4.78, 5) is 4.63. The second kappa shape index (κ2) is 2.49. The molecule has 2 N–H and O–H groups in total. The van der Waals surface area contributed by atoms with E-state index < -0.39 is 0 Å². The average molecular weight is 148 g/mol. The van der Waals surface area contributed by atoms with Crippen LogP contribution in [0.2, 0.25) is 0 Å². The first-order chi connectivity index (χ1) is 5.45. The molecule has 0 spiro atoms. The van der Waals surface area contributed by atoms with Crippen molar-refractivity contribution in [3.63, 3.8) is 0 Å². The monoisotopic (exact) mass is 148 g/mol. The molecule has 0 atom stereocenters. The Morgan fingerprint density at radius 2 is 2.45 bits per heavy atom. The minimum atomic E-state index is 0.925. The zero-order valence-electron chi connectivity index (χ0n) is 5.86. The van der Waals surface area contributed by atoms with Gasteiger partial charge in [-0.3, -0.25) is 5.43 Å². The minimum Gasteiger partial charge on any atom is -0.347 e. The van der Waals surface area contributed by atoms with Crippen molar-refractivity contribution in [2.45, 2.75) is 0 Å².